The molecule has 1 aliphatic carbocycles. The Morgan fingerprint density at radius 1 is 1.42 bits per heavy atom. The van der Waals surface area contributed by atoms with Crippen molar-refractivity contribution in [1.82, 2.24) is 5.32 Å². The summed E-state index contributed by atoms with van der Waals surface area (Å²) >= 11 is 1.67. The summed E-state index contributed by atoms with van der Waals surface area (Å²) in [5, 5.41) is 5.01. The molecule has 106 valence electrons. The van der Waals surface area contributed by atoms with Crippen LogP contribution in [0.4, 0.5) is 0 Å². The highest BCUT2D eigenvalue weighted by molar-refractivity contribution is 7.10. The van der Waals surface area contributed by atoms with Gasteiger partial charge in [-0.25, -0.2) is 0 Å². The highest BCUT2D eigenvalue weighted by atomic mass is 32.1. The fourth-order valence-electron chi connectivity index (χ4n) is 2.72. The zero-order valence-electron chi connectivity index (χ0n) is 11.5. The van der Waals surface area contributed by atoms with E-state index in [1.165, 1.54) is 4.88 Å². The van der Waals surface area contributed by atoms with Crippen molar-refractivity contribution in [2.45, 2.75) is 37.4 Å². The second kappa shape index (κ2) is 6.50. The van der Waals surface area contributed by atoms with Crippen LogP contribution in [0.1, 0.15) is 30.6 Å². The number of hydrogen-bond acceptors (Lipinski definition) is 4. The van der Waals surface area contributed by atoms with E-state index in [0.29, 0.717) is 6.54 Å². The number of rotatable bonds is 6. The minimum Gasteiger partial charge on any atom is -0.354 e. The van der Waals surface area contributed by atoms with E-state index in [-0.39, 0.29) is 17.6 Å². The van der Waals surface area contributed by atoms with Gasteiger partial charge in [-0.15, -0.1) is 11.3 Å². The van der Waals surface area contributed by atoms with Crippen LogP contribution < -0.4 is 5.32 Å². The van der Waals surface area contributed by atoms with Crippen molar-refractivity contribution in [3.63, 3.8) is 0 Å². The second-order valence-electron chi connectivity index (χ2n) is 4.88. The van der Waals surface area contributed by atoms with Crippen LogP contribution in [0.25, 0.3) is 0 Å². The Balaban J connectivity index is 2.06. The molecule has 0 spiro atoms. The summed E-state index contributed by atoms with van der Waals surface area (Å²) in [7, 11) is 3.15. The second-order valence-corrected chi connectivity index (χ2v) is 5.83. The van der Waals surface area contributed by atoms with Crippen molar-refractivity contribution in [3.8, 4) is 0 Å². The maximum atomic E-state index is 12.6. The molecule has 1 heterocycles. The summed E-state index contributed by atoms with van der Waals surface area (Å²) < 4.78 is 10.2. The number of hydrogen-bond donors (Lipinski definition) is 1. The molecule has 0 atom stereocenters. The van der Waals surface area contributed by atoms with E-state index in [1.54, 1.807) is 25.6 Å². The van der Waals surface area contributed by atoms with Crippen LogP contribution in [0.15, 0.2) is 17.5 Å². The highest BCUT2D eigenvalue weighted by Crippen LogP contribution is 2.43. The lowest BCUT2D eigenvalue weighted by Gasteiger charge is -2.27. The molecule has 4 nitrogen and oxygen atoms in total. The Morgan fingerprint density at radius 3 is 2.63 bits per heavy atom. The Hall–Kier alpha value is -0.910. The minimum absolute atomic E-state index is 0.103. The Kier molecular flexibility index (Phi) is 4.96. The third kappa shape index (κ3) is 2.99. The first-order chi connectivity index (χ1) is 9.23. The van der Waals surface area contributed by atoms with Crippen LogP contribution in [-0.4, -0.2) is 33.0 Å². The molecule has 1 aliphatic rings. The average Bonchev–Trinajstić information content (AvgIpc) is 3.11. The summed E-state index contributed by atoms with van der Waals surface area (Å²) in [6.45, 7) is 0.388. The molecular formula is C14H21NO3S. The van der Waals surface area contributed by atoms with Crippen molar-refractivity contribution in [3.05, 3.63) is 22.4 Å². The lowest BCUT2D eigenvalue weighted by molar-refractivity contribution is -0.132. The van der Waals surface area contributed by atoms with Crippen molar-refractivity contribution in [2.75, 3.05) is 20.8 Å². The van der Waals surface area contributed by atoms with Crippen LogP contribution in [0, 0.1) is 0 Å². The fraction of sp³-hybridized carbons (Fsp3) is 0.643. The summed E-state index contributed by atoms with van der Waals surface area (Å²) in [5.74, 6) is 0.103. The molecule has 0 radical (unpaired) electrons. The van der Waals surface area contributed by atoms with Gasteiger partial charge in [-0.05, 0) is 24.3 Å². The Bertz CT molecular complexity index is 395. The van der Waals surface area contributed by atoms with Crippen molar-refractivity contribution < 1.29 is 14.3 Å². The smallest absolute Gasteiger partial charge is 0.231 e. The predicted octanol–water partition coefficient (Wildman–Crippen LogP) is 2.29. The third-order valence-corrected chi connectivity index (χ3v) is 4.91. The molecule has 2 rings (SSSR count). The van der Waals surface area contributed by atoms with Gasteiger partial charge >= 0.3 is 0 Å². The number of methoxy groups -OCH3 is 2. The molecule has 0 bridgehead atoms. The minimum atomic E-state index is -0.384. The number of amides is 1. The standard InChI is InChI=1S/C14H21NO3S/c1-17-12(18-2)10-15-13(16)14(7-3-4-8-14)11-6-5-9-19-11/h5-6,9,12H,3-4,7-8,10H2,1-2H3,(H,15,16). The van der Waals surface area contributed by atoms with Crippen LogP contribution in [0.2, 0.25) is 0 Å². The molecule has 1 aromatic rings. The number of nitrogens with one attached hydrogen (secondary N) is 1. The molecule has 1 amide bonds. The van der Waals surface area contributed by atoms with Crippen LogP contribution >= 0.6 is 11.3 Å². The van der Waals surface area contributed by atoms with Crippen molar-refractivity contribution >= 4 is 17.2 Å². The topological polar surface area (TPSA) is 47.6 Å². The Labute approximate surface area is 118 Å². The van der Waals surface area contributed by atoms with Crippen LogP contribution in [-0.2, 0) is 19.7 Å². The first-order valence-electron chi connectivity index (χ1n) is 6.61. The van der Waals surface area contributed by atoms with Gasteiger partial charge in [0.2, 0.25) is 5.91 Å². The van der Waals surface area contributed by atoms with Gasteiger partial charge in [0.15, 0.2) is 6.29 Å². The maximum absolute atomic E-state index is 12.6. The van der Waals surface area contributed by atoms with Gasteiger partial charge in [0.05, 0.1) is 12.0 Å². The van der Waals surface area contributed by atoms with E-state index >= 15 is 0 Å². The van der Waals surface area contributed by atoms with Crippen molar-refractivity contribution in [1.29, 1.82) is 0 Å². The summed E-state index contributed by atoms with van der Waals surface area (Å²) in [5.41, 5.74) is -0.333. The monoisotopic (exact) mass is 283 g/mol. The normalized spacial score (nSPS) is 17.8. The zero-order chi connectivity index (χ0) is 13.7. The molecule has 1 N–H and O–H groups in total. The SMILES string of the molecule is COC(CNC(=O)C1(c2cccs2)CCCC1)OC. The first-order valence-corrected chi connectivity index (χ1v) is 7.49. The van der Waals surface area contributed by atoms with Gasteiger partial charge in [0.25, 0.3) is 0 Å². The molecular weight excluding hydrogens is 262 g/mol. The first kappa shape index (κ1) is 14.5. The summed E-state index contributed by atoms with van der Waals surface area (Å²) in [6, 6.07) is 4.08. The maximum Gasteiger partial charge on any atom is 0.231 e. The number of carbonyl (C=O) groups is 1. The van der Waals surface area contributed by atoms with E-state index in [9.17, 15) is 4.79 Å². The molecule has 1 aromatic heterocycles. The van der Waals surface area contributed by atoms with Crippen LogP contribution in [0.3, 0.4) is 0 Å². The van der Waals surface area contributed by atoms with E-state index in [1.807, 2.05) is 11.4 Å². The quantitative estimate of drug-likeness (QED) is 0.815. The molecule has 0 saturated heterocycles. The number of carbonyl (C=O) groups excluding carboxylic acids is 1. The number of thiophene rings is 1. The van der Waals surface area contributed by atoms with Gasteiger partial charge < -0.3 is 14.8 Å². The zero-order valence-corrected chi connectivity index (χ0v) is 12.3. The van der Waals surface area contributed by atoms with Crippen molar-refractivity contribution in [2.24, 2.45) is 0 Å². The summed E-state index contributed by atoms with van der Waals surface area (Å²) in [4.78, 5) is 13.8. The molecule has 1 saturated carbocycles. The molecule has 0 aliphatic heterocycles. The lowest BCUT2D eigenvalue weighted by atomic mass is 9.83. The van der Waals surface area contributed by atoms with Gasteiger partial charge in [-0.3, -0.25) is 4.79 Å². The highest BCUT2D eigenvalue weighted by Gasteiger charge is 2.43. The van der Waals surface area contributed by atoms with Gasteiger partial charge in [-0.2, -0.15) is 0 Å². The molecule has 0 unspecified atom stereocenters. The summed E-state index contributed by atoms with van der Waals surface area (Å²) in [6.07, 6.45) is 3.71. The predicted molar refractivity (Wildman–Crippen MR) is 75.3 cm³/mol. The molecule has 1 fully saturated rings. The average molecular weight is 283 g/mol. The van der Waals surface area contributed by atoms with Crippen LogP contribution in [0.5, 0.6) is 0 Å². The Morgan fingerprint density at radius 2 is 2.11 bits per heavy atom. The van der Waals surface area contributed by atoms with E-state index in [0.717, 1.165) is 25.7 Å². The van der Waals surface area contributed by atoms with E-state index in [4.69, 9.17) is 9.47 Å². The van der Waals surface area contributed by atoms with Gasteiger partial charge in [-0.1, -0.05) is 18.9 Å². The molecule has 0 aromatic carbocycles. The molecule has 19 heavy (non-hydrogen) atoms. The largest absolute Gasteiger partial charge is 0.354 e. The number of ether oxygens (including phenoxy) is 2. The third-order valence-electron chi connectivity index (χ3n) is 3.84. The van der Waals surface area contributed by atoms with Gasteiger partial charge in [0, 0.05) is 19.1 Å². The molecule has 5 heteroatoms. The van der Waals surface area contributed by atoms with E-state index < -0.39 is 0 Å². The van der Waals surface area contributed by atoms with E-state index in [2.05, 4.69) is 11.4 Å². The van der Waals surface area contributed by atoms with Gasteiger partial charge in [0.1, 0.15) is 0 Å². The lowest BCUT2D eigenvalue weighted by Crippen LogP contribution is -2.45. The fourth-order valence-corrected chi connectivity index (χ4v) is 3.71.